The number of amides is 1. The molecule has 1 unspecified atom stereocenters. The van der Waals surface area contributed by atoms with Crippen LogP contribution >= 0.6 is 0 Å². The lowest BCUT2D eigenvalue weighted by molar-refractivity contribution is -0.126. The van der Waals surface area contributed by atoms with E-state index < -0.39 is 0 Å². The van der Waals surface area contributed by atoms with Crippen LogP contribution in [0.4, 0.5) is 11.5 Å². The van der Waals surface area contributed by atoms with E-state index in [2.05, 4.69) is 64.9 Å². The molecular formula is C30H34N6O2. The molecule has 2 aliphatic heterocycles. The fraction of sp³-hybridized carbons (Fsp3) is 0.400. The van der Waals surface area contributed by atoms with Crippen LogP contribution in [0.1, 0.15) is 30.5 Å². The summed E-state index contributed by atoms with van der Waals surface area (Å²) in [7, 11) is 1.61. The molecule has 1 saturated heterocycles. The van der Waals surface area contributed by atoms with E-state index >= 15 is 0 Å². The number of aromatic nitrogens is 2. The number of fused-ring (bicyclic) bond motifs is 2. The zero-order chi connectivity index (χ0) is 26.5. The van der Waals surface area contributed by atoms with Crippen LogP contribution in [-0.2, 0) is 17.8 Å². The topological polar surface area (TPSA) is 85.6 Å². The lowest BCUT2D eigenvalue weighted by Gasteiger charge is -2.38. The highest BCUT2D eigenvalue weighted by molar-refractivity contribution is 5.94. The van der Waals surface area contributed by atoms with Crippen molar-refractivity contribution >= 4 is 28.2 Å². The molecule has 2 aliphatic rings. The van der Waals surface area contributed by atoms with Crippen molar-refractivity contribution in [1.29, 1.82) is 5.26 Å². The van der Waals surface area contributed by atoms with Gasteiger partial charge in [0.15, 0.2) is 0 Å². The van der Waals surface area contributed by atoms with E-state index in [4.69, 9.17) is 14.7 Å². The van der Waals surface area contributed by atoms with Crippen LogP contribution in [0.2, 0.25) is 0 Å². The van der Waals surface area contributed by atoms with Gasteiger partial charge in [0, 0.05) is 55.8 Å². The molecule has 2 aromatic carbocycles. The molecule has 3 aromatic rings. The molecule has 196 valence electrons. The molecule has 0 bridgehead atoms. The minimum absolute atomic E-state index is 0.0463. The molecule has 8 heteroatoms. The Labute approximate surface area is 224 Å². The molecule has 0 N–H and O–H groups in total. The highest BCUT2D eigenvalue weighted by Crippen LogP contribution is 2.34. The van der Waals surface area contributed by atoms with Crippen molar-refractivity contribution in [3.05, 3.63) is 66.4 Å². The van der Waals surface area contributed by atoms with Gasteiger partial charge >= 0.3 is 6.01 Å². The van der Waals surface area contributed by atoms with Crippen molar-refractivity contribution in [2.45, 2.75) is 32.2 Å². The molecule has 1 aromatic heterocycles. The summed E-state index contributed by atoms with van der Waals surface area (Å²) in [6.07, 6.45) is 4.23. The Bertz CT molecular complexity index is 1360. The summed E-state index contributed by atoms with van der Waals surface area (Å²) in [6, 6.07) is 17.6. The van der Waals surface area contributed by atoms with Crippen LogP contribution in [0, 0.1) is 17.2 Å². The first-order valence-electron chi connectivity index (χ1n) is 13.3. The summed E-state index contributed by atoms with van der Waals surface area (Å²) in [5, 5.41) is 11.7. The zero-order valence-electron chi connectivity index (χ0n) is 22.0. The molecule has 38 heavy (non-hydrogen) atoms. The molecule has 1 amide bonds. The van der Waals surface area contributed by atoms with Crippen LogP contribution in [0.15, 0.2) is 55.1 Å². The van der Waals surface area contributed by atoms with Crippen LogP contribution in [0.3, 0.4) is 0 Å². The largest absolute Gasteiger partial charge is 0.467 e. The van der Waals surface area contributed by atoms with E-state index in [1.54, 1.807) is 7.11 Å². The van der Waals surface area contributed by atoms with Gasteiger partial charge in [-0.05, 0) is 42.7 Å². The third kappa shape index (κ3) is 5.28. The van der Waals surface area contributed by atoms with Gasteiger partial charge in [0.2, 0.25) is 5.91 Å². The predicted molar refractivity (Wildman–Crippen MR) is 149 cm³/mol. The Morgan fingerprint density at radius 2 is 1.97 bits per heavy atom. The molecule has 5 rings (SSSR count). The molecule has 0 radical (unpaired) electrons. The predicted octanol–water partition coefficient (Wildman–Crippen LogP) is 4.35. The third-order valence-corrected chi connectivity index (χ3v) is 7.58. The van der Waals surface area contributed by atoms with Crippen molar-refractivity contribution < 1.29 is 9.53 Å². The number of anilines is 2. The maximum Gasteiger partial charge on any atom is 0.318 e. The monoisotopic (exact) mass is 510 g/mol. The fourth-order valence-corrected chi connectivity index (χ4v) is 5.72. The van der Waals surface area contributed by atoms with Gasteiger partial charge < -0.3 is 19.4 Å². The molecular weight excluding hydrogens is 476 g/mol. The third-order valence-electron chi connectivity index (χ3n) is 7.58. The van der Waals surface area contributed by atoms with E-state index in [-0.39, 0.29) is 11.8 Å². The lowest BCUT2D eigenvalue weighted by Crippen LogP contribution is -2.45. The van der Waals surface area contributed by atoms with Crippen molar-refractivity contribution in [2.24, 2.45) is 5.92 Å². The molecule has 1 atom stereocenters. The van der Waals surface area contributed by atoms with Gasteiger partial charge in [-0.2, -0.15) is 15.2 Å². The van der Waals surface area contributed by atoms with Crippen LogP contribution in [-0.4, -0.2) is 60.6 Å². The first-order valence-corrected chi connectivity index (χ1v) is 13.3. The van der Waals surface area contributed by atoms with Gasteiger partial charge in [0.05, 0.1) is 25.4 Å². The second-order valence-corrected chi connectivity index (χ2v) is 9.98. The van der Waals surface area contributed by atoms with Crippen molar-refractivity contribution in [3.63, 3.8) is 0 Å². The molecule has 0 aliphatic carbocycles. The molecule has 0 saturated carbocycles. The summed E-state index contributed by atoms with van der Waals surface area (Å²) in [5.41, 5.74) is 3.37. The van der Waals surface area contributed by atoms with E-state index in [0.29, 0.717) is 32.1 Å². The number of rotatable bonds is 6. The number of methoxy groups -OCH3 is 1. The number of benzene rings is 2. The second-order valence-electron chi connectivity index (χ2n) is 9.98. The highest BCUT2D eigenvalue weighted by atomic mass is 16.5. The number of carbonyl (C=O) groups is 1. The van der Waals surface area contributed by atoms with Gasteiger partial charge in [-0.25, -0.2) is 0 Å². The Hall–Kier alpha value is -4.12. The Morgan fingerprint density at radius 1 is 1.13 bits per heavy atom. The van der Waals surface area contributed by atoms with Crippen molar-refractivity contribution in [2.75, 3.05) is 49.6 Å². The maximum atomic E-state index is 12.4. The summed E-state index contributed by atoms with van der Waals surface area (Å²) in [4.78, 5) is 28.6. The number of nitriles is 1. The Morgan fingerprint density at radius 3 is 2.79 bits per heavy atom. The first kappa shape index (κ1) is 25.5. The quantitative estimate of drug-likeness (QED) is 0.456. The van der Waals surface area contributed by atoms with Crippen molar-refractivity contribution in [1.82, 2.24) is 14.9 Å². The lowest BCUT2D eigenvalue weighted by atomic mass is 9.98. The highest BCUT2D eigenvalue weighted by Gasteiger charge is 2.29. The van der Waals surface area contributed by atoms with Crippen LogP contribution in [0.25, 0.3) is 10.8 Å². The van der Waals surface area contributed by atoms with Gasteiger partial charge in [-0.15, -0.1) is 0 Å². The minimum atomic E-state index is -0.0463. The summed E-state index contributed by atoms with van der Waals surface area (Å²) >= 11 is 0. The number of hydrogen-bond acceptors (Lipinski definition) is 7. The number of ether oxygens (including phenoxy) is 1. The number of carbonyl (C=O) groups excluding carboxylic acids is 1. The fourth-order valence-electron chi connectivity index (χ4n) is 5.72. The zero-order valence-corrected chi connectivity index (χ0v) is 22.0. The summed E-state index contributed by atoms with van der Waals surface area (Å²) in [6.45, 7) is 7.98. The second kappa shape index (κ2) is 11.5. The number of nitrogens with zero attached hydrogens (tertiary/aromatic N) is 6. The molecule has 3 heterocycles. The Kier molecular flexibility index (Phi) is 7.73. The maximum absolute atomic E-state index is 12.4. The van der Waals surface area contributed by atoms with Crippen LogP contribution < -0.4 is 14.5 Å². The number of hydrogen-bond donors (Lipinski definition) is 0. The van der Waals surface area contributed by atoms with Gasteiger partial charge in [-0.1, -0.05) is 43.0 Å². The van der Waals surface area contributed by atoms with E-state index in [1.807, 2.05) is 4.90 Å². The van der Waals surface area contributed by atoms with Crippen LogP contribution in [0.5, 0.6) is 6.01 Å². The average Bonchev–Trinajstić information content (AvgIpc) is 2.95. The molecule has 8 nitrogen and oxygen atoms in total. The minimum Gasteiger partial charge on any atom is -0.467 e. The van der Waals surface area contributed by atoms with Gasteiger partial charge in [0.25, 0.3) is 0 Å². The summed E-state index contributed by atoms with van der Waals surface area (Å²) < 4.78 is 5.56. The van der Waals surface area contributed by atoms with Crippen molar-refractivity contribution in [3.8, 4) is 12.1 Å². The first-order chi connectivity index (χ1) is 18.6. The smallest absolute Gasteiger partial charge is 0.318 e. The average molecular weight is 511 g/mol. The standard InChI is InChI=1S/C30H34N6O2/c1-3-28(37)35-16-8-17-36(20-22(19-35)9-7-15-31)29-25-14-18-34(21-26(25)32-30(33-29)38-2)27-13-6-11-23-10-4-5-12-24(23)27/h3-6,10-13,22H,1,7-9,14,16-21H2,2H3. The normalized spacial score (nSPS) is 17.8. The van der Waals surface area contributed by atoms with E-state index in [1.165, 1.54) is 28.1 Å². The van der Waals surface area contributed by atoms with E-state index in [9.17, 15) is 10.1 Å². The van der Waals surface area contributed by atoms with Gasteiger partial charge in [0.1, 0.15) is 5.82 Å². The SMILES string of the molecule is C=CC(=O)N1CCCN(c2nc(OC)nc3c2CCN(c2cccc4ccccc24)C3)CC(CCC#N)C1. The molecule has 0 spiro atoms. The van der Waals surface area contributed by atoms with Gasteiger partial charge in [-0.3, -0.25) is 4.79 Å². The van der Waals surface area contributed by atoms with E-state index in [0.717, 1.165) is 50.4 Å². The Balaban J connectivity index is 1.45. The molecule has 1 fully saturated rings. The summed E-state index contributed by atoms with van der Waals surface area (Å²) in [5.74, 6) is 1.04.